The molecule has 1 aliphatic heterocycles. The smallest absolute Gasteiger partial charge is 0.164 e. The highest BCUT2D eigenvalue weighted by Crippen LogP contribution is 2.61. The van der Waals surface area contributed by atoms with Gasteiger partial charge in [-0.3, -0.25) is 4.79 Å². The van der Waals surface area contributed by atoms with Gasteiger partial charge in [-0.15, -0.1) is 0 Å². The summed E-state index contributed by atoms with van der Waals surface area (Å²) in [7, 11) is 0. The molecule has 27 heavy (non-hydrogen) atoms. The second-order valence-electron chi connectivity index (χ2n) is 8.03. The summed E-state index contributed by atoms with van der Waals surface area (Å²) in [6, 6.07) is 20.0. The number of hydrogen-bond acceptors (Lipinski definition) is 3. The normalized spacial score (nSPS) is 32.9. The minimum absolute atomic E-state index is 0.0546. The first-order chi connectivity index (χ1) is 12.9. The van der Waals surface area contributed by atoms with Crippen molar-refractivity contribution in [2.45, 2.75) is 37.3 Å². The molecule has 1 heterocycles. The molecule has 1 saturated carbocycles. The molecule has 0 radical (unpaired) electrons. The molecule has 2 aromatic carbocycles. The predicted molar refractivity (Wildman–Crippen MR) is 103 cm³/mol. The second kappa shape index (κ2) is 5.78. The highest BCUT2D eigenvalue weighted by molar-refractivity contribution is 6.30. The van der Waals surface area contributed by atoms with Crippen LogP contribution in [0.1, 0.15) is 25.0 Å². The third-order valence-corrected chi connectivity index (χ3v) is 6.47. The Balaban J connectivity index is 1.68. The van der Waals surface area contributed by atoms with E-state index < -0.39 is 11.2 Å². The van der Waals surface area contributed by atoms with Gasteiger partial charge in [-0.1, -0.05) is 78.3 Å². The molecule has 0 spiro atoms. The SMILES string of the molecule is CC1(C)O[C@H]2[C@@H]3C(=O)C(c4ccccc4)(c4ccccc4)[C@@H]3C=C(Cl)[C@H]2O1. The Hall–Kier alpha value is -1.94. The van der Waals surface area contributed by atoms with Crippen molar-refractivity contribution in [3.05, 3.63) is 82.9 Å². The first-order valence-corrected chi connectivity index (χ1v) is 9.71. The zero-order chi connectivity index (χ0) is 18.8. The molecule has 3 nitrogen and oxygen atoms in total. The highest BCUT2D eigenvalue weighted by atomic mass is 35.5. The lowest BCUT2D eigenvalue weighted by Gasteiger charge is -2.56. The molecule has 2 fully saturated rings. The van der Waals surface area contributed by atoms with Crippen LogP contribution in [-0.2, 0) is 19.7 Å². The third-order valence-electron chi connectivity index (χ3n) is 6.13. The van der Waals surface area contributed by atoms with Gasteiger partial charge in [0.15, 0.2) is 11.6 Å². The fraction of sp³-hybridized carbons (Fsp3) is 0.348. The van der Waals surface area contributed by atoms with Crippen molar-refractivity contribution in [1.82, 2.24) is 0 Å². The van der Waals surface area contributed by atoms with Gasteiger partial charge in [0.1, 0.15) is 12.2 Å². The Morgan fingerprint density at radius 3 is 2.00 bits per heavy atom. The van der Waals surface area contributed by atoms with Crippen LogP contribution < -0.4 is 0 Å². The topological polar surface area (TPSA) is 35.5 Å². The molecule has 0 amide bonds. The number of ketones is 1. The van der Waals surface area contributed by atoms with Gasteiger partial charge < -0.3 is 9.47 Å². The van der Waals surface area contributed by atoms with Gasteiger partial charge in [-0.2, -0.15) is 0 Å². The average Bonchev–Trinajstić information content (AvgIpc) is 2.99. The fourth-order valence-corrected chi connectivity index (χ4v) is 5.42. The van der Waals surface area contributed by atoms with Crippen molar-refractivity contribution in [3.8, 4) is 0 Å². The Bertz CT molecular complexity index is 880. The average molecular weight is 381 g/mol. The number of hydrogen-bond donors (Lipinski definition) is 0. The van der Waals surface area contributed by atoms with E-state index >= 15 is 0 Å². The number of halogens is 1. The van der Waals surface area contributed by atoms with E-state index in [1.54, 1.807) is 0 Å². The minimum atomic E-state index is -0.740. The zero-order valence-electron chi connectivity index (χ0n) is 15.3. The van der Waals surface area contributed by atoms with Gasteiger partial charge in [-0.05, 0) is 25.0 Å². The summed E-state index contributed by atoms with van der Waals surface area (Å²) < 4.78 is 12.1. The monoisotopic (exact) mass is 380 g/mol. The van der Waals surface area contributed by atoms with Gasteiger partial charge in [-0.25, -0.2) is 0 Å². The van der Waals surface area contributed by atoms with Crippen molar-refractivity contribution in [3.63, 3.8) is 0 Å². The van der Waals surface area contributed by atoms with E-state index in [-0.39, 0.29) is 29.8 Å². The number of benzene rings is 2. The molecule has 138 valence electrons. The molecule has 4 atom stereocenters. The first-order valence-electron chi connectivity index (χ1n) is 9.33. The molecular weight excluding hydrogens is 360 g/mol. The first kappa shape index (κ1) is 17.2. The Morgan fingerprint density at radius 2 is 1.44 bits per heavy atom. The van der Waals surface area contributed by atoms with Crippen LogP contribution >= 0.6 is 11.6 Å². The molecule has 0 N–H and O–H groups in total. The van der Waals surface area contributed by atoms with Crippen LogP contribution in [0.5, 0.6) is 0 Å². The van der Waals surface area contributed by atoms with Crippen molar-refractivity contribution < 1.29 is 14.3 Å². The largest absolute Gasteiger partial charge is 0.343 e. The number of allylic oxidation sites excluding steroid dienone is 1. The Morgan fingerprint density at radius 1 is 0.889 bits per heavy atom. The van der Waals surface area contributed by atoms with Crippen molar-refractivity contribution >= 4 is 17.4 Å². The molecular formula is C23H21ClO3. The van der Waals surface area contributed by atoms with Crippen LogP contribution in [0.3, 0.4) is 0 Å². The summed E-state index contributed by atoms with van der Waals surface area (Å²) >= 11 is 6.63. The molecule has 2 aromatic rings. The zero-order valence-corrected chi connectivity index (χ0v) is 16.0. The van der Waals surface area contributed by atoms with Gasteiger partial charge in [0.25, 0.3) is 0 Å². The number of carbonyl (C=O) groups excluding carboxylic acids is 1. The number of rotatable bonds is 2. The molecule has 0 aromatic heterocycles. The molecule has 3 aliphatic rings. The molecule has 1 saturated heterocycles. The summed E-state index contributed by atoms with van der Waals surface area (Å²) in [5.41, 5.74) is 1.27. The minimum Gasteiger partial charge on any atom is -0.343 e. The summed E-state index contributed by atoms with van der Waals surface area (Å²) in [6.07, 6.45) is 1.33. The maximum Gasteiger partial charge on any atom is 0.164 e. The van der Waals surface area contributed by atoms with E-state index in [1.165, 1.54) is 0 Å². The van der Waals surface area contributed by atoms with Gasteiger partial charge in [0.05, 0.1) is 11.3 Å². The number of carbonyl (C=O) groups is 1. The lowest BCUT2D eigenvalue weighted by Crippen LogP contribution is -2.67. The van der Waals surface area contributed by atoms with Crippen LogP contribution in [0, 0.1) is 11.8 Å². The maximum atomic E-state index is 13.8. The molecule has 0 unspecified atom stereocenters. The van der Waals surface area contributed by atoms with E-state index in [0.717, 1.165) is 11.1 Å². The van der Waals surface area contributed by atoms with E-state index in [0.29, 0.717) is 5.03 Å². The van der Waals surface area contributed by atoms with Crippen LogP contribution in [0.15, 0.2) is 71.8 Å². The quantitative estimate of drug-likeness (QED) is 0.772. The van der Waals surface area contributed by atoms with Crippen LogP contribution in [0.2, 0.25) is 0 Å². The molecule has 4 heteroatoms. The van der Waals surface area contributed by atoms with Crippen molar-refractivity contribution in [2.24, 2.45) is 11.8 Å². The summed E-state index contributed by atoms with van der Waals surface area (Å²) in [6.45, 7) is 3.74. The van der Waals surface area contributed by atoms with Crippen molar-refractivity contribution in [2.75, 3.05) is 0 Å². The number of Topliss-reactive ketones (excluding diaryl/α,β-unsaturated/α-hetero) is 1. The van der Waals surface area contributed by atoms with Gasteiger partial charge >= 0.3 is 0 Å². The predicted octanol–water partition coefficient (Wildman–Crippen LogP) is 4.44. The maximum absolute atomic E-state index is 13.8. The summed E-state index contributed by atoms with van der Waals surface area (Å²) in [5, 5.41) is 0.635. The molecule has 5 rings (SSSR count). The fourth-order valence-electron chi connectivity index (χ4n) is 5.12. The Labute approximate surface area is 163 Å². The lowest BCUT2D eigenvalue weighted by molar-refractivity contribution is -0.166. The van der Waals surface area contributed by atoms with E-state index in [2.05, 4.69) is 0 Å². The lowest BCUT2D eigenvalue weighted by atomic mass is 9.45. The van der Waals surface area contributed by atoms with Crippen LogP contribution in [-0.4, -0.2) is 23.8 Å². The molecule has 0 bridgehead atoms. The number of ether oxygens (including phenoxy) is 2. The van der Waals surface area contributed by atoms with Gasteiger partial charge in [0, 0.05) is 11.0 Å². The van der Waals surface area contributed by atoms with Crippen LogP contribution in [0.4, 0.5) is 0 Å². The standard InChI is InChI=1S/C23H21ClO3/c1-22(2)26-19-17(24)13-16-18(20(19)27-22)21(25)23(16,14-9-5-3-6-10-14)15-11-7-4-8-12-15/h3-13,16,18-20H,1-2H3/t16-,18-,19-,20+/m1/s1. The second-order valence-corrected chi connectivity index (χ2v) is 8.46. The third kappa shape index (κ3) is 2.25. The van der Waals surface area contributed by atoms with E-state index in [9.17, 15) is 4.79 Å². The van der Waals surface area contributed by atoms with E-state index in [1.807, 2.05) is 80.6 Å². The van der Waals surface area contributed by atoms with Crippen LogP contribution in [0.25, 0.3) is 0 Å². The molecule has 2 aliphatic carbocycles. The summed E-state index contributed by atoms with van der Waals surface area (Å²) in [5.74, 6) is -0.863. The highest BCUT2D eigenvalue weighted by Gasteiger charge is 2.69. The van der Waals surface area contributed by atoms with E-state index in [4.69, 9.17) is 21.1 Å². The number of fused-ring (bicyclic) bond motifs is 3. The van der Waals surface area contributed by atoms with Crippen molar-refractivity contribution in [1.29, 1.82) is 0 Å². The summed E-state index contributed by atoms with van der Waals surface area (Å²) in [4.78, 5) is 13.8. The van der Waals surface area contributed by atoms with Gasteiger partial charge in [0.2, 0.25) is 0 Å². The Kier molecular flexibility index (Phi) is 3.68.